The van der Waals surface area contributed by atoms with Gasteiger partial charge in [0.05, 0.1) is 0 Å². The van der Waals surface area contributed by atoms with Gasteiger partial charge in [-0.1, -0.05) is 30.3 Å². The number of fused-ring (bicyclic) bond motifs is 3. The first-order valence-electron chi connectivity index (χ1n) is 11.0. The van der Waals surface area contributed by atoms with Crippen LogP contribution in [-0.4, -0.2) is 22.5 Å². The molecular formula is C25H25N5O2. The van der Waals surface area contributed by atoms with Crippen LogP contribution in [0.15, 0.2) is 65.3 Å². The van der Waals surface area contributed by atoms with E-state index in [4.69, 9.17) is 4.42 Å². The Morgan fingerprint density at radius 2 is 1.66 bits per heavy atom. The fourth-order valence-electron chi connectivity index (χ4n) is 4.07. The third kappa shape index (κ3) is 4.42. The van der Waals surface area contributed by atoms with E-state index in [1.807, 2.05) is 54.6 Å². The Balaban J connectivity index is 1.16. The van der Waals surface area contributed by atoms with E-state index in [-0.39, 0.29) is 6.03 Å². The van der Waals surface area contributed by atoms with Gasteiger partial charge in [0.25, 0.3) is 0 Å². The molecule has 162 valence electrons. The topological polar surface area (TPSA) is 92.1 Å². The first kappa shape index (κ1) is 20.1. The van der Waals surface area contributed by atoms with Gasteiger partial charge in [-0.15, -0.1) is 0 Å². The molecule has 0 aliphatic heterocycles. The average molecular weight is 428 g/mol. The molecule has 2 heterocycles. The van der Waals surface area contributed by atoms with Gasteiger partial charge in [-0.3, -0.25) is 0 Å². The van der Waals surface area contributed by atoms with Crippen molar-refractivity contribution in [2.45, 2.75) is 32.1 Å². The molecule has 7 nitrogen and oxygen atoms in total. The van der Waals surface area contributed by atoms with Gasteiger partial charge in [-0.2, -0.15) is 0 Å². The van der Waals surface area contributed by atoms with Crippen molar-refractivity contribution in [1.29, 1.82) is 0 Å². The van der Waals surface area contributed by atoms with Crippen molar-refractivity contribution >= 4 is 34.3 Å². The minimum atomic E-state index is -0.264. The number of rotatable bonds is 6. The highest BCUT2D eigenvalue weighted by Gasteiger charge is 2.21. The maximum Gasteiger partial charge on any atom is 0.323 e. The van der Waals surface area contributed by atoms with Gasteiger partial charge in [0.2, 0.25) is 0 Å². The Kier molecular flexibility index (Phi) is 5.70. The van der Waals surface area contributed by atoms with Crippen LogP contribution in [0, 0.1) is 0 Å². The fraction of sp³-hybridized carbons (Fsp3) is 0.240. The van der Waals surface area contributed by atoms with E-state index in [1.165, 1.54) is 18.4 Å². The van der Waals surface area contributed by atoms with E-state index in [9.17, 15) is 4.79 Å². The molecule has 0 spiro atoms. The standard InChI is InChI=1S/C25H25N5O2/c31-25(29-18-6-2-1-3-7-18)30-19-12-10-17(11-13-19)14-15-26-24-23-22(27-16-28-24)20-8-4-5-9-21(20)32-23/h1-3,6-7,10-13,16H,4-5,8-9,14-15H2,(H,26,27,28)(H2,29,30,31). The number of furan rings is 1. The SMILES string of the molecule is O=C(Nc1ccccc1)Nc1ccc(CCNc2ncnc3c4c(oc23)CCCC4)cc1. The van der Waals surface area contributed by atoms with Crippen LogP contribution in [-0.2, 0) is 19.3 Å². The summed E-state index contributed by atoms with van der Waals surface area (Å²) in [7, 11) is 0. The number of aryl methyl sites for hydroxylation is 2. The van der Waals surface area contributed by atoms with Crippen molar-refractivity contribution < 1.29 is 9.21 Å². The molecule has 1 aliphatic rings. The zero-order valence-electron chi connectivity index (χ0n) is 17.7. The minimum Gasteiger partial charge on any atom is -0.455 e. The summed E-state index contributed by atoms with van der Waals surface area (Å²) >= 11 is 0. The van der Waals surface area contributed by atoms with Crippen molar-refractivity contribution in [3.63, 3.8) is 0 Å². The summed E-state index contributed by atoms with van der Waals surface area (Å²) in [6.07, 6.45) is 6.80. The smallest absolute Gasteiger partial charge is 0.323 e. The monoisotopic (exact) mass is 427 g/mol. The number of hydrogen-bond acceptors (Lipinski definition) is 5. The molecule has 0 saturated carbocycles. The molecule has 5 rings (SSSR count). The molecule has 0 bridgehead atoms. The first-order chi connectivity index (χ1) is 15.8. The lowest BCUT2D eigenvalue weighted by molar-refractivity contribution is 0.262. The van der Waals surface area contributed by atoms with Gasteiger partial charge in [-0.25, -0.2) is 14.8 Å². The zero-order chi connectivity index (χ0) is 21.8. The zero-order valence-corrected chi connectivity index (χ0v) is 17.7. The van der Waals surface area contributed by atoms with Gasteiger partial charge in [-0.05, 0) is 55.5 Å². The van der Waals surface area contributed by atoms with Gasteiger partial charge in [0.1, 0.15) is 17.6 Å². The predicted molar refractivity (Wildman–Crippen MR) is 126 cm³/mol. The molecule has 0 unspecified atom stereocenters. The third-order valence-electron chi connectivity index (χ3n) is 5.68. The van der Waals surface area contributed by atoms with Gasteiger partial charge in [0.15, 0.2) is 11.4 Å². The number of nitrogens with zero attached hydrogens (tertiary/aromatic N) is 2. The Labute approximate surface area is 186 Å². The molecule has 0 saturated heterocycles. The van der Waals surface area contributed by atoms with Crippen molar-refractivity contribution in [2.75, 3.05) is 22.5 Å². The minimum absolute atomic E-state index is 0.264. The molecule has 0 radical (unpaired) electrons. The molecule has 4 aromatic rings. The number of urea groups is 1. The Hall–Kier alpha value is -3.87. The molecule has 1 aliphatic carbocycles. The van der Waals surface area contributed by atoms with Crippen LogP contribution in [0.5, 0.6) is 0 Å². The molecule has 32 heavy (non-hydrogen) atoms. The van der Waals surface area contributed by atoms with E-state index in [0.29, 0.717) is 0 Å². The normalized spacial score (nSPS) is 12.9. The maximum atomic E-state index is 12.1. The summed E-state index contributed by atoms with van der Waals surface area (Å²) in [5, 5.41) is 9.05. The summed E-state index contributed by atoms with van der Waals surface area (Å²) < 4.78 is 6.09. The summed E-state index contributed by atoms with van der Waals surface area (Å²) in [5.74, 6) is 1.81. The second-order valence-corrected chi connectivity index (χ2v) is 7.93. The second kappa shape index (κ2) is 9.09. The van der Waals surface area contributed by atoms with E-state index in [2.05, 4.69) is 25.9 Å². The number of hydrogen-bond donors (Lipinski definition) is 3. The van der Waals surface area contributed by atoms with Crippen molar-refractivity contribution in [3.05, 3.63) is 77.8 Å². The van der Waals surface area contributed by atoms with Gasteiger partial charge >= 0.3 is 6.03 Å². The molecule has 2 aromatic heterocycles. The third-order valence-corrected chi connectivity index (χ3v) is 5.68. The number of carbonyl (C=O) groups excluding carboxylic acids is 1. The highest BCUT2D eigenvalue weighted by Crippen LogP contribution is 2.33. The van der Waals surface area contributed by atoms with Gasteiger partial charge in [0, 0.05) is 29.9 Å². The Morgan fingerprint density at radius 3 is 2.47 bits per heavy atom. The number of amides is 2. The van der Waals surface area contributed by atoms with Gasteiger partial charge < -0.3 is 20.4 Å². The van der Waals surface area contributed by atoms with E-state index >= 15 is 0 Å². The maximum absolute atomic E-state index is 12.1. The predicted octanol–water partition coefficient (Wildman–Crippen LogP) is 5.40. The Morgan fingerprint density at radius 1 is 0.906 bits per heavy atom. The quantitative estimate of drug-likeness (QED) is 0.383. The molecule has 2 amide bonds. The van der Waals surface area contributed by atoms with E-state index in [1.54, 1.807) is 6.33 Å². The number of aromatic nitrogens is 2. The largest absolute Gasteiger partial charge is 0.455 e. The van der Waals surface area contributed by atoms with Crippen molar-refractivity contribution in [2.24, 2.45) is 0 Å². The molecule has 0 fully saturated rings. The summed E-state index contributed by atoms with van der Waals surface area (Å²) in [6.45, 7) is 0.721. The lowest BCUT2D eigenvalue weighted by Crippen LogP contribution is -2.19. The summed E-state index contributed by atoms with van der Waals surface area (Å²) in [4.78, 5) is 21.0. The van der Waals surface area contributed by atoms with E-state index < -0.39 is 0 Å². The highest BCUT2D eigenvalue weighted by molar-refractivity contribution is 5.99. The van der Waals surface area contributed by atoms with Crippen LogP contribution in [0.4, 0.5) is 22.0 Å². The van der Waals surface area contributed by atoms with Crippen LogP contribution >= 0.6 is 0 Å². The Bertz CT molecular complexity index is 1220. The molecule has 3 N–H and O–H groups in total. The molecular weight excluding hydrogens is 402 g/mol. The highest BCUT2D eigenvalue weighted by atomic mass is 16.3. The van der Waals surface area contributed by atoms with Crippen LogP contribution in [0.1, 0.15) is 29.7 Å². The summed E-state index contributed by atoms with van der Waals surface area (Å²) in [5.41, 5.74) is 5.62. The number of anilines is 3. The molecule has 0 atom stereocenters. The van der Waals surface area contributed by atoms with Crippen molar-refractivity contribution in [3.8, 4) is 0 Å². The lowest BCUT2D eigenvalue weighted by atomic mass is 9.98. The average Bonchev–Trinajstić information content (AvgIpc) is 3.20. The van der Waals surface area contributed by atoms with Crippen LogP contribution < -0.4 is 16.0 Å². The number of carbonyl (C=O) groups is 1. The number of benzene rings is 2. The lowest BCUT2D eigenvalue weighted by Gasteiger charge is -2.09. The van der Waals surface area contributed by atoms with Crippen LogP contribution in [0.2, 0.25) is 0 Å². The van der Waals surface area contributed by atoms with Crippen molar-refractivity contribution in [1.82, 2.24) is 9.97 Å². The second-order valence-electron chi connectivity index (χ2n) is 7.93. The van der Waals surface area contributed by atoms with Crippen LogP contribution in [0.25, 0.3) is 11.1 Å². The first-order valence-corrected chi connectivity index (χ1v) is 11.0. The number of nitrogens with one attached hydrogen (secondary N) is 3. The molecule has 2 aromatic carbocycles. The fourth-order valence-corrected chi connectivity index (χ4v) is 4.07. The van der Waals surface area contributed by atoms with E-state index in [0.717, 1.165) is 65.4 Å². The van der Waals surface area contributed by atoms with Crippen LogP contribution in [0.3, 0.4) is 0 Å². The number of para-hydroxylation sites is 1. The summed E-state index contributed by atoms with van der Waals surface area (Å²) in [6, 6.07) is 16.9. The molecule has 7 heteroatoms.